The summed E-state index contributed by atoms with van der Waals surface area (Å²) in [6.45, 7) is 6.00. The molecule has 112 valence electrons. The Kier molecular flexibility index (Phi) is 6.08. The van der Waals surface area contributed by atoms with Crippen LogP contribution in [0.4, 0.5) is 5.69 Å². The molecule has 7 nitrogen and oxygen atoms in total. The standard InChI is InChI=1S/C10H13ClN2O5S2/c1-7(2)6-18-4-3-12-20(16,17)9-5-8(13(14)15)10(11)19-9/h5,12H,1,3-4,6H2,2H3. The lowest BCUT2D eigenvalue weighted by Crippen LogP contribution is -2.27. The summed E-state index contributed by atoms with van der Waals surface area (Å²) in [6.07, 6.45) is 0. The number of thiophene rings is 1. The Hall–Kier alpha value is -1.000. The predicted octanol–water partition coefficient (Wildman–Crippen LogP) is 2.18. The van der Waals surface area contributed by atoms with Crippen molar-refractivity contribution in [1.29, 1.82) is 0 Å². The van der Waals surface area contributed by atoms with E-state index in [2.05, 4.69) is 11.3 Å². The van der Waals surface area contributed by atoms with Crippen molar-refractivity contribution in [3.05, 3.63) is 32.7 Å². The number of hydrogen-bond acceptors (Lipinski definition) is 6. The molecule has 0 spiro atoms. The van der Waals surface area contributed by atoms with Crippen LogP contribution in [-0.2, 0) is 14.8 Å². The van der Waals surface area contributed by atoms with Gasteiger partial charge < -0.3 is 4.74 Å². The average Bonchev–Trinajstić information content (AvgIpc) is 2.71. The summed E-state index contributed by atoms with van der Waals surface area (Å²) in [5, 5.41) is 10.6. The first-order valence-corrected chi connectivity index (χ1v) is 8.07. The minimum absolute atomic E-state index is 0.0545. The van der Waals surface area contributed by atoms with Gasteiger partial charge in [-0.15, -0.1) is 11.3 Å². The third-order valence-electron chi connectivity index (χ3n) is 1.99. The van der Waals surface area contributed by atoms with Gasteiger partial charge in [-0.25, -0.2) is 13.1 Å². The van der Waals surface area contributed by atoms with Crippen LogP contribution in [0.25, 0.3) is 0 Å². The van der Waals surface area contributed by atoms with Crippen LogP contribution >= 0.6 is 22.9 Å². The lowest BCUT2D eigenvalue weighted by atomic mass is 10.4. The van der Waals surface area contributed by atoms with E-state index >= 15 is 0 Å². The molecule has 0 saturated carbocycles. The summed E-state index contributed by atoms with van der Waals surface area (Å²) in [5.41, 5.74) is 0.407. The van der Waals surface area contributed by atoms with E-state index < -0.39 is 20.6 Å². The Bertz CT molecular complexity index is 611. The van der Waals surface area contributed by atoms with Crippen LogP contribution in [0, 0.1) is 10.1 Å². The molecule has 0 aliphatic rings. The summed E-state index contributed by atoms with van der Waals surface area (Å²) >= 11 is 6.25. The molecular weight excluding hydrogens is 328 g/mol. The number of sulfonamides is 1. The zero-order valence-electron chi connectivity index (χ0n) is 10.6. The molecule has 1 heterocycles. The van der Waals surface area contributed by atoms with Crippen molar-refractivity contribution in [2.45, 2.75) is 11.1 Å². The van der Waals surface area contributed by atoms with Crippen molar-refractivity contribution in [1.82, 2.24) is 4.72 Å². The number of rotatable bonds is 8. The van der Waals surface area contributed by atoms with Crippen molar-refractivity contribution in [3.8, 4) is 0 Å². The molecule has 1 aromatic heterocycles. The molecule has 0 atom stereocenters. The van der Waals surface area contributed by atoms with Gasteiger partial charge in [-0.05, 0) is 6.92 Å². The van der Waals surface area contributed by atoms with Gasteiger partial charge in [0.2, 0.25) is 10.0 Å². The SMILES string of the molecule is C=C(C)COCCNS(=O)(=O)c1cc([N+](=O)[O-])c(Cl)s1. The van der Waals surface area contributed by atoms with Gasteiger partial charge in [0, 0.05) is 12.6 Å². The minimum Gasteiger partial charge on any atom is -0.376 e. The van der Waals surface area contributed by atoms with Gasteiger partial charge in [0.25, 0.3) is 5.69 Å². The van der Waals surface area contributed by atoms with E-state index in [4.69, 9.17) is 16.3 Å². The van der Waals surface area contributed by atoms with Crippen LogP contribution in [0.3, 0.4) is 0 Å². The highest BCUT2D eigenvalue weighted by Gasteiger charge is 2.24. The molecule has 1 N–H and O–H groups in total. The molecule has 10 heteroatoms. The maximum absolute atomic E-state index is 11.9. The van der Waals surface area contributed by atoms with E-state index in [-0.39, 0.29) is 21.7 Å². The largest absolute Gasteiger partial charge is 0.376 e. The van der Waals surface area contributed by atoms with Crippen LogP contribution in [0.2, 0.25) is 4.34 Å². The monoisotopic (exact) mass is 340 g/mol. The number of nitrogens with zero attached hydrogens (tertiary/aromatic N) is 1. The van der Waals surface area contributed by atoms with E-state index in [1.165, 1.54) is 0 Å². The summed E-state index contributed by atoms with van der Waals surface area (Å²) in [4.78, 5) is 9.88. The molecular formula is C10H13ClN2O5S2. The highest BCUT2D eigenvalue weighted by molar-refractivity contribution is 7.91. The van der Waals surface area contributed by atoms with E-state index in [1.54, 1.807) is 6.92 Å². The highest BCUT2D eigenvalue weighted by atomic mass is 35.5. The molecule has 1 rings (SSSR count). The Labute approximate surface area is 125 Å². The van der Waals surface area contributed by atoms with Gasteiger partial charge in [-0.1, -0.05) is 23.8 Å². The molecule has 0 aromatic carbocycles. The molecule has 0 unspecified atom stereocenters. The van der Waals surface area contributed by atoms with Crippen LogP contribution < -0.4 is 4.72 Å². The van der Waals surface area contributed by atoms with E-state index in [1.807, 2.05) is 0 Å². The first-order chi connectivity index (χ1) is 9.24. The summed E-state index contributed by atoms with van der Waals surface area (Å²) in [6, 6.07) is 0.935. The fraction of sp³-hybridized carbons (Fsp3) is 0.400. The number of halogens is 1. The highest BCUT2D eigenvalue weighted by Crippen LogP contribution is 2.35. The first kappa shape index (κ1) is 17.1. The second kappa shape index (κ2) is 7.14. The summed E-state index contributed by atoms with van der Waals surface area (Å²) in [5.74, 6) is 0. The molecule has 0 saturated heterocycles. The van der Waals surface area contributed by atoms with E-state index in [0.717, 1.165) is 11.6 Å². The lowest BCUT2D eigenvalue weighted by molar-refractivity contribution is -0.384. The van der Waals surface area contributed by atoms with E-state index in [0.29, 0.717) is 17.9 Å². The summed E-state index contributed by atoms with van der Waals surface area (Å²) in [7, 11) is -3.82. The Balaban J connectivity index is 2.63. The van der Waals surface area contributed by atoms with Crippen molar-refractivity contribution in [2.75, 3.05) is 19.8 Å². The summed E-state index contributed by atoms with van der Waals surface area (Å²) < 4.78 is 30.8. The first-order valence-electron chi connectivity index (χ1n) is 5.39. The quantitative estimate of drug-likeness (QED) is 0.338. The molecule has 0 amide bonds. The molecule has 0 radical (unpaired) electrons. The normalized spacial score (nSPS) is 11.5. The van der Waals surface area contributed by atoms with Gasteiger partial charge in [-0.3, -0.25) is 10.1 Å². The van der Waals surface area contributed by atoms with Crippen LogP contribution in [0.15, 0.2) is 22.4 Å². The Morgan fingerprint density at radius 2 is 2.30 bits per heavy atom. The zero-order valence-corrected chi connectivity index (χ0v) is 13.0. The van der Waals surface area contributed by atoms with Crippen LogP contribution in [0.1, 0.15) is 6.92 Å². The van der Waals surface area contributed by atoms with E-state index in [9.17, 15) is 18.5 Å². The van der Waals surface area contributed by atoms with Crippen molar-refractivity contribution in [3.63, 3.8) is 0 Å². The van der Waals surface area contributed by atoms with Crippen molar-refractivity contribution in [2.24, 2.45) is 0 Å². The molecule has 1 aromatic rings. The molecule has 0 fully saturated rings. The number of ether oxygens (including phenoxy) is 1. The van der Waals surface area contributed by atoms with Gasteiger partial charge >= 0.3 is 0 Å². The molecule has 0 aliphatic carbocycles. The molecule has 0 bridgehead atoms. The molecule has 0 aliphatic heterocycles. The Morgan fingerprint density at radius 3 is 2.80 bits per heavy atom. The van der Waals surface area contributed by atoms with Gasteiger partial charge in [-0.2, -0.15) is 0 Å². The Morgan fingerprint density at radius 1 is 1.65 bits per heavy atom. The maximum atomic E-state index is 11.9. The van der Waals surface area contributed by atoms with Crippen molar-refractivity contribution < 1.29 is 18.1 Å². The maximum Gasteiger partial charge on any atom is 0.300 e. The number of nitro groups is 1. The smallest absolute Gasteiger partial charge is 0.300 e. The minimum atomic E-state index is -3.82. The lowest BCUT2D eigenvalue weighted by Gasteiger charge is -2.05. The topological polar surface area (TPSA) is 98.5 Å². The van der Waals surface area contributed by atoms with Crippen molar-refractivity contribution >= 4 is 38.6 Å². The third kappa shape index (κ3) is 4.84. The second-order valence-corrected chi connectivity index (χ2v) is 7.54. The fourth-order valence-electron chi connectivity index (χ4n) is 1.16. The second-order valence-electron chi connectivity index (χ2n) is 3.89. The predicted molar refractivity (Wildman–Crippen MR) is 76.8 cm³/mol. The molecule has 20 heavy (non-hydrogen) atoms. The number of hydrogen-bond donors (Lipinski definition) is 1. The van der Waals surface area contributed by atoms with Gasteiger partial charge in [0.15, 0.2) is 4.34 Å². The van der Waals surface area contributed by atoms with Gasteiger partial charge in [0.05, 0.1) is 18.1 Å². The van der Waals surface area contributed by atoms with Crippen LogP contribution in [0.5, 0.6) is 0 Å². The van der Waals surface area contributed by atoms with Gasteiger partial charge in [0.1, 0.15) is 4.21 Å². The fourth-order valence-corrected chi connectivity index (χ4v) is 3.88. The average molecular weight is 341 g/mol. The zero-order chi connectivity index (χ0) is 15.3. The third-order valence-corrected chi connectivity index (χ3v) is 5.27. The van der Waals surface area contributed by atoms with Crippen LogP contribution in [-0.4, -0.2) is 33.1 Å². The number of nitrogens with one attached hydrogen (secondary N) is 1.